The van der Waals surface area contributed by atoms with E-state index in [1.807, 2.05) is 13.8 Å². The number of methoxy groups -OCH3 is 1. The largest absolute Gasteiger partial charge is 0.384 e. The molecule has 0 amide bonds. The van der Waals surface area contributed by atoms with Gasteiger partial charge in [0.1, 0.15) is 0 Å². The number of ether oxygens (including phenoxy) is 1. The van der Waals surface area contributed by atoms with E-state index in [4.69, 9.17) is 4.74 Å². The van der Waals surface area contributed by atoms with Crippen LogP contribution in [0.25, 0.3) is 0 Å². The molecule has 13 heavy (non-hydrogen) atoms. The molecule has 0 heterocycles. The summed E-state index contributed by atoms with van der Waals surface area (Å²) in [6.07, 6.45) is 2.89. The SMILES string of the molecule is COC[C@H](/C=C/S(C)(=O)=O)C(C)C. The molecule has 0 aromatic heterocycles. The van der Waals surface area contributed by atoms with E-state index in [-0.39, 0.29) is 5.92 Å². The molecule has 0 rings (SSSR count). The molecule has 78 valence electrons. The van der Waals surface area contributed by atoms with Gasteiger partial charge in [-0.3, -0.25) is 0 Å². The van der Waals surface area contributed by atoms with Gasteiger partial charge >= 0.3 is 0 Å². The molecule has 3 nitrogen and oxygen atoms in total. The molecule has 0 saturated carbocycles. The van der Waals surface area contributed by atoms with E-state index in [0.717, 1.165) is 0 Å². The summed E-state index contributed by atoms with van der Waals surface area (Å²) in [6, 6.07) is 0. The van der Waals surface area contributed by atoms with Crippen LogP contribution in [0, 0.1) is 11.8 Å². The molecule has 0 bridgehead atoms. The van der Waals surface area contributed by atoms with Crippen LogP contribution in [-0.4, -0.2) is 28.4 Å². The quantitative estimate of drug-likeness (QED) is 0.684. The summed E-state index contributed by atoms with van der Waals surface area (Å²) in [5, 5.41) is 1.25. The Balaban J connectivity index is 4.34. The summed E-state index contributed by atoms with van der Waals surface area (Å²) >= 11 is 0. The normalized spacial score (nSPS) is 15.5. The van der Waals surface area contributed by atoms with E-state index in [0.29, 0.717) is 12.5 Å². The van der Waals surface area contributed by atoms with Crippen LogP contribution in [0.3, 0.4) is 0 Å². The Morgan fingerprint density at radius 2 is 1.92 bits per heavy atom. The van der Waals surface area contributed by atoms with E-state index in [9.17, 15) is 8.42 Å². The first-order chi connectivity index (χ1) is 5.87. The number of hydrogen-bond donors (Lipinski definition) is 0. The standard InChI is InChI=1S/C9H18O3S/c1-8(2)9(7-12-3)5-6-13(4,10)11/h5-6,8-9H,7H2,1-4H3/b6-5+/t9-/m0/s1. The molecule has 0 saturated heterocycles. The van der Waals surface area contributed by atoms with Gasteiger partial charge in [0, 0.05) is 24.7 Å². The highest BCUT2D eigenvalue weighted by molar-refractivity contribution is 7.93. The Morgan fingerprint density at radius 1 is 1.38 bits per heavy atom. The molecule has 0 aliphatic rings. The Labute approximate surface area is 80.7 Å². The molecule has 0 fully saturated rings. The van der Waals surface area contributed by atoms with Crippen LogP contribution in [-0.2, 0) is 14.6 Å². The van der Waals surface area contributed by atoms with Gasteiger partial charge in [0.25, 0.3) is 0 Å². The van der Waals surface area contributed by atoms with E-state index in [2.05, 4.69) is 0 Å². The van der Waals surface area contributed by atoms with E-state index >= 15 is 0 Å². The summed E-state index contributed by atoms with van der Waals surface area (Å²) in [5.41, 5.74) is 0. The molecule has 0 aromatic rings. The Hall–Kier alpha value is -0.350. The Kier molecular flexibility index (Phi) is 5.25. The van der Waals surface area contributed by atoms with E-state index < -0.39 is 9.84 Å². The number of rotatable bonds is 5. The van der Waals surface area contributed by atoms with Crippen LogP contribution in [0.4, 0.5) is 0 Å². The molecule has 0 aliphatic carbocycles. The van der Waals surface area contributed by atoms with Gasteiger partial charge in [0.15, 0.2) is 9.84 Å². The third-order valence-corrected chi connectivity index (χ3v) is 2.44. The highest BCUT2D eigenvalue weighted by Gasteiger charge is 2.09. The predicted molar refractivity (Wildman–Crippen MR) is 54.2 cm³/mol. The summed E-state index contributed by atoms with van der Waals surface area (Å²) < 4.78 is 26.7. The molecular weight excluding hydrogens is 188 g/mol. The lowest BCUT2D eigenvalue weighted by Gasteiger charge is -2.14. The van der Waals surface area contributed by atoms with Crippen molar-refractivity contribution in [3.05, 3.63) is 11.5 Å². The molecule has 1 atom stereocenters. The van der Waals surface area contributed by atoms with Crippen molar-refractivity contribution in [1.29, 1.82) is 0 Å². The van der Waals surface area contributed by atoms with Crippen LogP contribution in [0.2, 0.25) is 0 Å². The predicted octanol–water partition coefficient (Wildman–Crippen LogP) is 1.46. The maximum atomic E-state index is 10.8. The number of hydrogen-bond acceptors (Lipinski definition) is 3. The van der Waals surface area contributed by atoms with Crippen LogP contribution in [0.5, 0.6) is 0 Å². The van der Waals surface area contributed by atoms with Crippen molar-refractivity contribution in [1.82, 2.24) is 0 Å². The molecule has 0 aliphatic heterocycles. The van der Waals surface area contributed by atoms with Crippen molar-refractivity contribution in [2.24, 2.45) is 11.8 Å². The van der Waals surface area contributed by atoms with Crippen molar-refractivity contribution >= 4 is 9.84 Å². The molecule has 0 N–H and O–H groups in total. The van der Waals surface area contributed by atoms with Crippen LogP contribution >= 0.6 is 0 Å². The summed E-state index contributed by atoms with van der Waals surface area (Å²) in [7, 11) is -1.39. The van der Waals surface area contributed by atoms with Gasteiger partial charge in [-0.1, -0.05) is 19.9 Å². The van der Waals surface area contributed by atoms with Crippen LogP contribution < -0.4 is 0 Å². The molecule has 0 unspecified atom stereocenters. The van der Waals surface area contributed by atoms with Gasteiger partial charge in [0.05, 0.1) is 6.61 Å². The Morgan fingerprint density at radius 3 is 2.23 bits per heavy atom. The summed E-state index contributed by atoms with van der Waals surface area (Å²) in [4.78, 5) is 0. The monoisotopic (exact) mass is 206 g/mol. The highest BCUT2D eigenvalue weighted by Crippen LogP contribution is 2.13. The topological polar surface area (TPSA) is 43.4 Å². The van der Waals surface area contributed by atoms with Gasteiger partial charge in [-0.15, -0.1) is 0 Å². The third-order valence-electron chi connectivity index (χ3n) is 1.79. The van der Waals surface area contributed by atoms with Crippen molar-refractivity contribution in [3.8, 4) is 0 Å². The van der Waals surface area contributed by atoms with E-state index in [1.54, 1.807) is 13.2 Å². The lowest BCUT2D eigenvalue weighted by atomic mass is 9.97. The minimum absolute atomic E-state index is 0.166. The summed E-state index contributed by atoms with van der Waals surface area (Å²) in [6.45, 7) is 4.64. The van der Waals surface area contributed by atoms with Crippen LogP contribution in [0.15, 0.2) is 11.5 Å². The second-order valence-corrected chi connectivity index (χ2v) is 5.45. The first-order valence-corrected chi connectivity index (χ1v) is 6.19. The number of sulfone groups is 1. The minimum Gasteiger partial charge on any atom is -0.384 e. The molecular formula is C9H18O3S. The zero-order valence-corrected chi connectivity index (χ0v) is 9.47. The lowest BCUT2D eigenvalue weighted by molar-refractivity contribution is 0.151. The van der Waals surface area contributed by atoms with Gasteiger partial charge in [-0.2, -0.15) is 0 Å². The average molecular weight is 206 g/mol. The average Bonchev–Trinajstić information content (AvgIpc) is 1.95. The van der Waals surface area contributed by atoms with Crippen molar-refractivity contribution in [3.63, 3.8) is 0 Å². The zero-order valence-electron chi connectivity index (χ0n) is 8.65. The summed E-state index contributed by atoms with van der Waals surface area (Å²) in [5.74, 6) is 0.553. The minimum atomic E-state index is -3.01. The van der Waals surface area contributed by atoms with Crippen molar-refractivity contribution in [2.45, 2.75) is 13.8 Å². The molecule has 0 radical (unpaired) electrons. The highest BCUT2D eigenvalue weighted by atomic mass is 32.2. The smallest absolute Gasteiger partial charge is 0.168 e. The zero-order chi connectivity index (χ0) is 10.5. The lowest BCUT2D eigenvalue weighted by Crippen LogP contribution is -2.12. The van der Waals surface area contributed by atoms with Gasteiger partial charge in [0.2, 0.25) is 0 Å². The van der Waals surface area contributed by atoms with Crippen LogP contribution in [0.1, 0.15) is 13.8 Å². The fraction of sp³-hybridized carbons (Fsp3) is 0.778. The van der Waals surface area contributed by atoms with Gasteiger partial charge in [-0.25, -0.2) is 8.42 Å². The van der Waals surface area contributed by atoms with E-state index in [1.165, 1.54) is 11.7 Å². The molecule has 4 heteroatoms. The van der Waals surface area contributed by atoms with Gasteiger partial charge < -0.3 is 4.74 Å². The first-order valence-electron chi connectivity index (χ1n) is 4.24. The second kappa shape index (κ2) is 5.40. The maximum Gasteiger partial charge on any atom is 0.168 e. The second-order valence-electron chi connectivity index (χ2n) is 3.52. The fourth-order valence-corrected chi connectivity index (χ4v) is 1.39. The van der Waals surface area contributed by atoms with Crippen molar-refractivity contribution in [2.75, 3.05) is 20.0 Å². The molecule has 0 spiro atoms. The first kappa shape index (κ1) is 12.7. The Bertz CT molecular complexity index is 252. The fourth-order valence-electron chi connectivity index (χ4n) is 0.906. The molecule has 0 aromatic carbocycles. The third kappa shape index (κ3) is 6.78. The maximum absolute atomic E-state index is 10.8. The van der Waals surface area contributed by atoms with Gasteiger partial charge in [-0.05, 0) is 5.92 Å². The van der Waals surface area contributed by atoms with Crippen molar-refractivity contribution < 1.29 is 13.2 Å².